The third-order valence-corrected chi connectivity index (χ3v) is 2.64. The van der Waals surface area contributed by atoms with Gasteiger partial charge in [0.2, 0.25) is 5.95 Å². The topological polar surface area (TPSA) is 59.1 Å². The molecule has 0 amide bonds. The third-order valence-electron chi connectivity index (χ3n) is 1.70. The largest absolute Gasteiger partial charge is 0.396 e. The highest BCUT2D eigenvalue weighted by molar-refractivity contribution is 14.1. The minimum absolute atomic E-state index is 0.0500. The number of rotatable bonds is 3. The number of nitrogens with two attached hydrogens (primary N) is 1. The van der Waals surface area contributed by atoms with Gasteiger partial charge in [0.1, 0.15) is 0 Å². The summed E-state index contributed by atoms with van der Waals surface area (Å²) in [6, 6.07) is 1.21. The van der Waals surface area contributed by atoms with Crippen LogP contribution in [0, 0.1) is 9.52 Å². The second kappa shape index (κ2) is 4.83. The van der Waals surface area contributed by atoms with Gasteiger partial charge in [0.15, 0.2) is 0 Å². The van der Waals surface area contributed by atoms with Gasteiger partial charge >= 0.3 is 0 Å². The predicted octanol–water partition coefficient (Wildman–Crippen LogP) is 1.21. The van der Waals surface area contributed by atoms with Crippen LogP contribution in [0.2, 0.25) is 0 Å². The Bertz CT molecular complexity index is 275. The van der Waals surface area contributed by atoms with Crippen LogP contribution >= 0.6 is 22.6 Å². The first kappa shape index (κ1) is 10.8. The van der Waals surface area contributed by atoms with Gasteiger partial charge in [-0.25, -0.2) is 4.98 Å². The summed E-state index contributed by atoms with van der Waals surface area (Å²) in [5.41, 5.74) is 6.05. The summed E-state index contributed by atoms with van der Waals surface area (Å²) in [5.74, 6) is -0.548. The van der Waals surface area contributed by atoms with Crippen LogP contribution in [0.5, 0.6) is 0 Å². The molecule has 3 N–H and O–H groups in total. The average Bonchev–Trinajstić information content (AvgIpc) is 2.04. The Kier molecular flexibility index (Phi) is 4.01. The second-order valence-electron chi connectivity index (χ2n) is 2.62. The van der Waals surface area contributed by atoms with Crippen molar-refractivity contribution in [2.45, 2.75) is 12.5 Å². The predicted molar refractivity (Wildman–Crippen MR) is 55.5 cm³/mol. The van der Waals surface area contributed by atoms with Gasteiger partial charge in [0.05, 0.1) is 0 Å². The molecule has 0 aromatic carbocycles. The fourth-order valence-electron chi connectivity index (χ4n) is 1.04. The molecule has 1 aromatic heterocycles. The van der Waals surface area contributed by atoms with Gasteiger partial charge < -0.3 is 10.8 Å². The first-order chi connectivity index (χ1) is 6.16. The zero-order valence-electron chi connectivity index (χ0n) is 6.87. The number of nitrogens with zero attached hydrogens (tertiary/aromatic N) is 1. The molecule has 0 bridgehead atoms. The van der Waals surface area contributed by atoms with Gasteiger partial charge in [-0.3, -0.25) is 0 Å². The maximum absolute atomic E-state index is 13.1. The van der Waals surface area contributed by atoms with E-state index in [-0.39, 0.29) is 6.61 Å². The van der Waals surface area contributed by atoms with Crippen molar-refractivity contribution in [3.05, 3.63) is 27.3 Å². The Morgan fingerprint density at radius 1 is 1.69 bits per heavy atom. The fraction of sp³-hybridized carbons (Fsp3) is 0.375. The Labute approximate surface area is 89.3 Å². The first-order valence-electron chi connectivity index (χ1n) is 3.83. The molecule has 0 saturated carbocycles. The molecule has 1 heterocycles. The van der Waals surface area contributed by atoms with Crippen LogP contribution in [0.4, 0.5) is 4.39 Å². The van der Waals surface area contributed by atoms with Crippen molar-refractivity contribution in [2.24, 2.45) is 5.73 Å². The monoisotopic (exact) mass is 296 g/mol. The zero-order chi connectivity index (χ0) is 9.84. The summed E-state index contributed by atoms with van der Waals surface area (Å²) in [5, 5.41) is 8.65. The highest BCUT2D eigenvalue weighted by Gasteiger charge is 2.14. The molecule has 0 saturated heterocycles. The lowest BCUT2D eigenvalue weighted by molar-refractivity contribution is 0.275. The van der Waals surface area contributed by atoms with Gasteiger partial charge in [0, 0.05) is 28.0 Å². The summed E-state index contributed by atoms with van der Waals surface area (Å²) in [7, 11) is 0. The van der Waals surface area contributed by atoms with Gasteiger partial charge in [0.25, 0.3) is 0 Å². The lowest BCUT2D eigenvalue weighted by Crippen LogP contribution is -2.16. The number of aliphatic hydroxyl groups is 1. The zero-order valence-corrected chi connectivity index (χ0v) is 9.03. The van der Waals surface area contributed by atoms with Crippen molar-refractivity contribution in [3.8, 4) is 0 Å². The van der Waals surface area contributed by atoms with Crippen LogP contribution in [0.1, 0.15) is 18.0 Å². The smallest absolute Gasteiger partial charge is 0.218 e. The van der Waals surface area contributed by atoms with E-state index in [9.17, 15) is 4.39 Å². The summed E-state index contributed by atoms with van der Waals surface area (Å²) in [4.78, 5) is 3.51. The second-order valence-corrected chi connectivity index (χ2v) is 3.78. The molecule has 1 atom stereocenters. The summed E-state index contributed by atoms with van der Waals surface area (Å²) >= 11 is 2.00. The highest BCUT2D eigenvalue weighted by atomic mass is 127. The first-order valence-corrected chi connectivity index (χ1v) is 4.91. The SMILES string of the molecule is NC(CCO)c1c(I)ccnc1F. The Balaban J connectivity index is 2.98. The van der Waals surface area contributed by atoms with Crippen LogP contribution in [-0.2, 0) is 0 Å². The number of aromatic nitrogens is 1. The van der Waals surface area contributed by atoms with E-state index in [1.54, 1.807) is 6.07 Å². The fourth-order valence-corrected chi connectivity index (χ4v) is 1.82. The van der Waals surface area contributed by atoms with Crippen molar-refractivity contribution < 1.29 is 9.50 Å². The normalized spacial score (nSPS) is 12.9. The molecule has 13 heavy (non-hydrogen) atoms. The highest BCUT2D eigenvalue weighted by Crippen LogP contribution is 2.21. The van der Waals surface area contributed by atoms with Crippen LogP contribution in [-0.4, -0.2) is 16.7 Å². The summed E-state index contributed by atoms with van der Waals surface area (Å²) < 4.78 is 13.9. The molecule has 0 fully saturated rings. The molecule has 3 nitrogen and oxygen atoms in total. The van der Waals surface area contributed by atoms with Gasteiger partial charge in [-0.2, -0.15) is 4.39 Å². The van der Waals surface area contributed by atoms with Crippen LogP contribution < -0.4 is 5.73 Å². The van der Waals surface area contributed by atoms with Crippen molar-refractivity contribution in [1.82, 2.24) is 4.98 Å². The lowest BCUT2D eigenvalue weighted by atomic mass is 10.1. The van der Waals surface area contributed by atoms with Crippen LogP contribution in [0.3, 0.4) is 0 Å². The van der Waals surface area contributed by atoms with Crippen molar-refractivity contribution >= 4 is 22.6 Å². The molecule has 0 spiro atoms. The third kappa shape index (κ3) is 2.58. The molecular weight excluding hydrogens is 286 g/mol. The number of aliphatic hydroxyl groups excluding tert-OH is 1. The maximum atomic E-state index is 13.1. The number of hydrogen-bond donors (Lipinski definition) is 2. The van der Waals surface area contributed by atoms with Crippen LogP contribution in [0.15, 0.2) is 12.3 Å². The minimum atomic E-state index is -0.548. The van der Waals surface area contributed by atoms with E-state index in [4.69, 9.17) is 10.8 Å². The Morgan fingerprint density at radius 2 is 2.38 bits per heavy atom. The number of halogens is 2. The van der Waals surface area contributed by atoms with E-state index in [0.717, 1.165) is 3.57 Å². The molecule has 0 aliphatic heterocycles. The molecule has 0 aliphatic carbocycles. The van der Waals surface area contributed by atoms with E-state index in [2.05, 4.69) is 4.98 Å². The Morgan fingerprint density at radius 3 is 2.92 bits per heavy atom. The molecule has 0 radical (unpaired) electrons. The molecular formula is C8H10FIN2O. The Hall–Kier alpha value is -0.270. The van der Waals surface area contributed by atoms with Crippen molar-refractivity contribution in [1.29, 1.82) is 0 Å². The lowest BCUT2D eigenvalue weighted by Gasteiger charge is -2.12. The van der Waals surface area contributed by atoms with E-state index in [1.165, 1.54) is 6.20 Å². The summed E-state index contributed by atoms with van der Waals surface area (Å²) in [6.07, 6.45) is 1.74. The van der Waals surface area contributed by atoms with E-state index in [0.29, 0.717) is 12.0 Å². The molecule has 5 heteroatoms. The number of pyridine rings is 1. The molecule has 1 unspecified atom stereocenters. The van der Waals surface area contributed by atoms with Crippen molar-refractivity contribution in [2.75, 3.05) is 6.61 Å². The molecule has 72 valence electrons. The van der Waals surface area contributed by atoms with Gasteiger partial charge in [-0.1, -0.05) is 0 Å². The van der Waals surface area contributed by atoms with E-state index < -0.39 is 12.0 Å². The standard InChI is InChI=1S/C8H10FIN2O/c9-8-7(6(11)2-4-13)5(10)1-3-12-8/h1,3,6,13H,2,4,11H2. The number of hydrogen-bond acceptors (Lipinski definition) is 3. The van der Waals surface area contributed by atoms with E-state index in [1.807, 2.05) is 22.6 Å². The minimum Gasteiger partial charge on any atom is -0.396 e. The average molecular weight is 296 g/mol. The van der Waals surface area contributed by atoms with E-state index >= 15 is 0 Å². The van der Waals surface area contributed by atoms with Crippen molar-refractivity contribution in [3.63, 3.8) is 0 Å². The summed E-state index contributed by atoms with van der Waals surface area (Å²) in [6.45, 7) is -0.0500. The maximum Gasteiger partial charge on any atom is 0.218 e. The molecule has 1 aromatic rings. The molecule has 1 rings (SSSR count). The van der Waals surface area contributed by atoms with Gasteiger partial charge in [-0.05, 0) is 35.1 Å². The quantitative estimate of drug-likeness (QED) is 0.651. The molecule has 0 aliphatic rings. The van der Waals surface area contributed by atoms with Crippen LogP contribution in [0.25, 0.3) is 0 Å². The van der Waals surface area contributed by atoms with Gasteiger partial charge in [-0.15, -0.1) is 0 Å².